The first kappa shape index (κ1) is 8.62. The van der Waals surface area contributed by atoms with Gasteiger partial charge in [-0.3, -0.25) is 0 Å². The SMILES string of the molecule is O=C1NC/C(=C\c2ccccc2O)N1. The van der Waals surface area contributed by atoms with Gasteiger partial charge in [-0.25, -0.2) is 4.79 Å². The lowest BCUT2D eigenvalue weighted by Crippen LogP contribution is -2.19. The monoisotopic (exact) mass is 190 g/mol. The number of carbonyl (C=O) groups is 1. The molecule has 0 aromatic heterocycles. The lowest BCUT2D eigenvalue weighted by atomic mass is 10.1. The van der Waals surface area contributed by atoms with E-state index in [4.69, 9.17) is 0 Å². The van der Waals surface area contributed by atoms with Crippen molar-refractivity contribution in [2.75, 3.05) is 6.54 Å². The molecule has 4 heteroatoms. The summed E-state index contributed by atoms with van der Waals surface area (Å²) in [7, 11) is 0. The molecule has 4 nitrogen and oxygen atoms in total. The number of amides is 2. The predicted molar refractivity (Wildman–Crippen MR) is 52.6 cm³/mol. The molecule has 0 atom stereocenters. The summed E-state index contributed by atoms with van der Waals surface area (Å²) < 4.78 is 0. The molecular formula is C10H10N2O2. The topological polar surface area (TPSA) is 61.4 Å². The first-order valence-electron chi connectivity index (χ1n) is 4.29. The molecule has 1 heterocycles. The maximum absolute atomic E-state index is 10.8. The molecule has 72 valence electrons. The van der Waals surface area contributed by atoms with Crippen LogP contribution in [0.3, 0.4) is 0 Å². The minimum Gasteiger partial charge on any atom is -0.507 e. The van der Waals surface area contributed by atoms with Gasteiger partial charge < -0.3 is 15.7 Å². The van der Waals surface area contributed by atoms with E-state index in [1.54, 1.807) is 24.3 Å². The van der Waals surface area contributed by atoms with Crippen LogP contribution in [-0.4, -0.2) is 17.7 Å². The van der Waals surface area contributed by atoms with E-state index in [9.17, 15) is 9.90 Å². The standard InChI is InChI=1S/C10H10N2O2/c13-9-4-2-1-3-7(9)5-8-6-11-10(14)12-8/h1-5,13H,6H2,(H2,11,12,14)/b8-5+. The van der Waals surface area contributed by atoms with Gasteiger partial charge in [-0.2, -0.15) is 0 Å². The van der Waals surface area contributed by atoms with Crippen LogP contribution in [0.25, 0.3) is 6.08 Å². The Labute approximate surface area is 81.3 Å². The molecule has 2 rings (SSSR count). The third-order valence-electron chi connectivity index (χ3n) is 1.98. The quantitative estimate of drug-likeness (QED) is 0.619. The minimum absolute atomic E-state index is 0.202. The molecule has 14 heavy (non-hydrogen) atoms. The van der Waals surface area contributed by atoms with Gasteiger partial charge in [-0.15, -0.1) is 0 Å². The summed E-state index contributed by atoms with van der Waals surface area (Å²) in [4.78, 5) is 10.8. The van der Waals surface area contributed by atoms with E-state index in [1.165, 1.54) is 0 Å². The van der Waals surface area contributed by atoms with Gasteiger partial charge in [0.25, 0.3) is 0 Å². The molecule has 1 aliphatic rings. The van der Waals surface area contributed by atoms with Crippen molar-refractivity contribution in [2.45, 2.75) is 0 Å². The summed E-state index contributed by atoms with van der Waals surface area (Å²) in [5, 5.41) is 14.7. The van der Waals surface area contributed by atoms with Crippen molar-refractivity contribution in [1.29, 1.82) is 0 Å². The van der Waals surface area contributed by atoms with E-state index in [2.05, 4.69) is 10.6 Å². The molecule has 0 spiro atoms. The maximum atomic E-state index is 10.8. The van der Waals surface area contributed by atoms with Crippen LogP contribution in [0.15, 0.2) is 30.0 Å². The van der Waals surface area contributed by atoms with E-state index >= 15 is 0 Å². The zero-order chi connectivity index (χ0) is 9.97. The number of phenolic OH excluding ortho intramolecular Hbond substituents is 1. The van der Waals surface area contributed by atoms with Crippen LogP contribution in [0.2, 0.25) is 0 Å². The predicted octanol–water partition coefficient (Wildman–Crippen LogP) is 1.05. The number of nitrogens with one attached hydrogen (secondary N) is 2. The van der Waals surface area contributed by atoms with E-state index in [-0.39, 0.29) is 11.8 Å². The largest absolute Gasteiger partial charge is 0.507 e. The highest BCUT2D eigenvalue weighted by Gasteiger charge is 2.12. The molecule has 1 aromatic rings. The van der Waals surface area contributed by atoms with Gasteiger partial charge in [-0.05, 0) is 12.1 Å². The summed E-state index contributed by atoms with van der Waals surface area (Å²) in [5.74, 6) is 0.209. The van der Waals surface area contributed by atoms with Crippen LogP contribution < -0.4 is 10.6 Å². The van der Waals surface area contributed by atoms with Crippen molar-refractivity contribution >= 4 is 12.1 Å². The van der Waals surface area contributed by atoms with E-state index in [0.29, 0.717) is 12.1 Å². The van der Waals surface area contributed by atoms with Crippen LogP contribution in [0.5, 0.6) is 5.75 Å². The fraction of sp³-hybridized carbons (Fsp3) is 0.100. The maximum Gasteiger partial charge on any atom is 0.319 e. The Balaban J connectivity index is 2.25. The molecule has 0 unspecified atom stereocenters. The van der Waals surface area contributed by atoms with Crippen molar-refractivity contribution in [1.82, 2.24) is 10.6 Å². The molecular weight excluding hydrogens is 180 g/mol. The summed E-state index contributed by atoms with van der Waals surface area (Å²) in [6.07, 6.45) is 1.74. The van der Waals surface area contributed by atoms with Crippen molar-refractivity contribution in [3.8, 4) is 5.75 Å². The Kier molecular flexibility index (Phi) is 2.10. The summed E-state index contributed by atoms with van der Waals surface area (Å²) in [5.41, 5.74) is 1.46. The molecule has 0 aliphatic carbocycles. The Hall–Kier alpha value is -1.97. The van der Waals surface area contributed by atoms with Gasteiger partial charge in [0.15, 0.2) is 0 Å². The highest BCUT2D eigenvalue weighted by atomic mass is 16.3. The Bertz CT molecular complexity index is 399. The van der Waals surface area contributed by atoms with Crippen LogP contribution in [0.4, 0.5) is 4.79 Å². The molecule has 1 aromatic carbocycles. The van der Waals surface area contributed by atoms with E-state index < -0.39 is 0 Å². The van der Waals surface area contributed by atoms with Gasteiger partial charge in [0.1, 0.15) is 5.75 Å². The number of hydrogen-bond acceptors (Lipinski definition) is 2. The first-order chi connectivity index (χ1) is 6.75. The van der Waals surface area contributed by atoms with Gasteiger partial charge in [0.05, 0.1) is 6.54 Å². The number of aromatic hydroxyl groups is 1. The fourth-order valence-corrected chi connectivity index (χ4v) is 1.29. The Morgan fingerprint density at radius 3 is 2.79 bits per heavy atom. The van der Waals surface area contributed by atoms with Gasteiger partial charge in [-0.1, -0.05) is 18.2 Å². The van der Waals surface area contributed by atoms with E-state index in [0.717, 1.165) is 5.70 Å². The van der Waals surface area contributed by atoms with Gasteiger partial charge in [0, 0.05) is 11.3 Å². The summed E-state index contributed by atoms with van der Waals surface area (Å²) >= 11 is 0. The zero-order valence-electron chi connectivity index (χ0n) is 7.45. The van der Waals surface area contributed by atoms with Crippen molar-refractivity contribution < 1.29 is 9.90 Å². The van der Waals surface area contributed by atoms with Crippen LogP contribution >= 0.6 is 0 Å². The normalized spacial score (nSPS) is 18.0. The third kappa shape index (κ3) is 1.69. The second-order valence-corrected chi connectivity index (χ2v) is 3.04. The molecule has 3 N–H and O–H groups in total. The molecule has 1 aliphatic heterocycles. The van der Waals surface area contributed by atoms with Crippen molar-refractivity contribution in [3.63, 3.8) is 0 Å². The number of hydrogen-bond donors (Lipinski definition) is 3. The van der Waals surface area contributed by atoms with Crippen LogP contribution in [0.1, 0.15) is 5.56 Å². The Morgan fingerprint density at radius 2 is 2.14 bits per heavy atom. The van der Waals surface area contributed by atoms with Crippen LogP contribution in [-0.2, 0) is 0 Å². The van der Waals surface area contributed by atoms with Crippen molar-refractivity contribution in [2.24, 2.45) is 0 Å². The number of urea groups is 1. The van der Waals surface area contributed by atoms with Gasteiger partial charge in [0.2, 0.25) is 0 Å². The van der Waals surface area contributed by atoms with Crippen LogP contribution in [0, 0.1) is 0 Å². The molecule has 1 saturated heterocycles. The minimum atomic E-state index is -0.202. The molecule has 0 radical (unpaired) electrons. The highest BCUT2D eigenvalue weighted by Crippen LogP contribution is 2.18. The second kappa shape index (κ2) is 3.41. The smallest absolute Gasteiger partial charge is 0.319 e. The third-order valence-corrected chi connectivity index (χ3v) is 1.98. The lowest BCUT2D eigenvalue weighted by molar-refractivity contribution is 0.249. The van der Waals surface area contributed by atoms with Gasteiger partial charge >= 0.3 is 6.03 Å². The summed E-state index contributed by atoms with van der Waals surface area (Å²) in [6.45, 7) is 0.479. The molecule has 0 saturated carbocycles. The summed E-state index contributed by atoms with van der Waals surface area (Å²) in [6, 6.07) is 6.77. The zero-order valence-corrected chi connectivity index (χ0v) is 7.45. The number of phenols is 1. The average molecular weight is 190 g/mol. The number of para-hydroxylation sites is 1. The lowest BCUT2D eigenvalue weighted by Gasteiger charge is -1.99. The number of carbonyl (C=O) groups excluding carboxylic acids is 1. The first-order valence-corrected chi connectivity index (χ1v) is 4.29. The molecule has 1 fully saturated rings. The highest BCUT2D eigenvalue weighted by molar-refractivity contribution is 5.81. The second-order valence-electron chi connectivity index (χ2n) is 3.04. The average Bonchev–Trinajstić information content (AvgIpc) is 2.56. The number of benzene rings is 1. The van der Waals surface area contributed by atoms with Crippen molar-refractivity contribution in [3.05, 3.63) is 35.5 Å². The van der Waals surface area contributed by atoms with E-state index in [1.807, 2.05) is 6.07 Å². The molecule has 0 bridgehead atoms. The molecule has 2 amide bonds. The fourth-order valence-electron chi connectivity index (χ4n) is 1.29. The number of rotatable bonds is 1. The Morgan fingerprint density at radius 1 is 1.36 bits per heavy atom.